The Labute approximate surface area is 152 Å². The van der Waals surface area contributed by atoms with Crippen LogP contribution in [0.1, 0.15) is 46.4 Å². The zero-order chi connectivity index (χ0) is 17.6. The van der Waals surface area contributed by atoms with E-state index in [9.17, 15) is 29.9 Å². The number of aromatic carboxylic acids is 2. The molecule has 1 saturated carbocycles. The van der Waals surface area contributed by atoms with Crippen LogP contribution in [0.3, 0.4) is 0 Å². The number of hydrogen-bond acceptors (Lipinski definition) is 6. The topological polar surface area (TPSA) is 171 Å². The van der Waals surface area contributed by atoms with Crippen molar-refractivity contribution >= 4 is 17.6 Å². The van der Waals surface area contributed by atoms with Gasteiger partial charge in [0.15, 0.2) is 0 Å². The summed E-state index contributed by atoms with van der Waals surface area (Å²) < 4.78 is 0. The van der Waals surface area contributed by atoms with Crippen molar-refractivity contribution in [2.75, 3.05) is 0 Å². The molecule has 1 aliphatic carbocycles. The summed E-state index contributed by atoms with van der Waals surface area (Å²) in [4.78, 5) is 30.2. The van der Waals surface area contributed by atoms with Crippen LogP contribution in [0.15, 0.2) is 18.2 Å². The summed E-state index contributed by atoms with van der Waals surface area (Å²) in [6.45, 7) is 0. The van der Waals surface area contributed by atoms with E-state index in [1.165, 1.54) is 12.8 Å². The maximum Gasteiger partial charge on any atom is 4.00 e. The fourth-order valence-electron chi connectivity index (χ4n) is 2.08. The summed E-state index contributed by atoms with van der Waals surface area (Å²) in [5.74, 6) is -3.39. The molecular weight excluding hydrogens is 501 g/mol. The normalized spacial score (nSPS) is 19.2. The second-order valence-electron chi connectivity index (χ2n) is 5.10. The summed E-state index contributed by atoms with van der Waals surface area (Å²) in [5, 5.41) is 31.1. The molecule has 0 radical (unpaired) electrons. The Bertz CT molecular complexity index is 521. The summed E-state index contributed by atoms with van der Waals surface area (Å²) in [7, 11) is 0. The van der Waals surface area contributed by atoms with Crippen LogP contribution < -0.4 is 10.2 Å². The van der Waals surface area contributed by atoms with E-state index in [0.29, 0.717) is 12.1 Å². The SMILES string of the molecule is O=C([O-])c1cc(C(=O)[O-])cc([N+](=O)[O-])c1.[NH-]C1CCCCC1[NH-].[Pt+4]. The number of nitro groups is 1. The Hall–Kier alpha value is -1.83. The molecule has 132 valence electrons. The molecule has 2 unspecified atom stereocenters. The smallest absolute Gasteiger partial charge is 0.676 e. The Kier molecular flexibility index (Phi) is 9.35. The van der Waals surface area contributed by atoms with E-state index < -0.39 is 33.7 Å². The fourth-order valence-corrected chi connectivity index (χ4v) is 2.08. The molecule has 0 saturated heterocycles. The van der Waals surface area contributed by atoms with Gasteiger partial charge in [-0.1, -0.05) is 25.7 Å². The largest absolute Gasteiger partial charge is 4.00 e. The van der Waals surface area contributed by atoms with Gasteiger partial charge in [-0.15, -0.1) is 0 Å². The van der Waals surface area contributed by atoms with Crippen LogP contribution in [0.5, 0.6) is 0 Å². The Morgan fingerprint density at radius 2 is 1.33 bits per heavy atom. The Balaban J connectivity index is 0.000000498. The molecule has 2 atom stereocenters. The Morgan fingerprint density at radius 3 is 1.58 bits per heavy atom. The quantitative estimate of drug-likeness (QED) is 0.423. The molecule has 0 aliphatic heterocycles. The van der Waals surface area contributed by atoms with Crippen LogP contribution in [0.2, 0.25) is 0 Å². The van der Waals surface area contributed by atoms with E-state index in [-0.39, 0.29) is 33.1 Å². The molecule has 0 amide bonds. The average molecular weight is 516 g/mol. The molecule has 0 spiro atoms. The van der Waals surface area contributed by atoms with Gasteiger partial charge < -0.3 is 31.3 Å². The molecule has 0 bridgehead atoms. The number of hydrogen-bond donors (Lipinski definition) is 0. The maximum absolute atomic E-state index is 10.4. The van der Waals surface area contributed by atoms with Crippen LogP contribution in [-0.2, 0) is 21.1 Å². The fraction of sp³-hybridized carbons (Fsp3) is 0.429. The zero-order valence-electron chi connectivity index (χ0n) is 12.4. The number of carbonyl (C=O) groups excluding carboxylic acids is 2. The van der Waals surface area contributed by atoms with Crippen molar-refractivity contribution in [1.29, 1.82) is 0 Å². The number of nitrogens with one attached hydrogen (secondary N) is 2. The van der Waals surface area contributed by atoms with Gasteiger partial charge in [-0.05, 0) is 6.07 Å². The van der Waals surface area contributed by atoms with Crippen molar-refractivity contribution in [2.24, 2.45) is 0 Å². The van der Waals surface area contributed by atoms with Crippen molar-refractivity contribution in [3.8, 4) is 0 Å². The number of carboxylic acid groups (broad SMARTS) is 2. The first-order valence-electron chi connectivity index (χ1n) is 6.86. The molecule has 1 aliphatic rings. The van der Waals surface area contributed by atoms with Gasteiger partial charge in [-0.2, -0.15) is 12.1 Å². The van der Waals surface area contributed by atoms with Crippen LogP contribution >= 0.6 is 0 Å². The predicted octanol–water partition coefficient (Wildman–Crippen LogP) is 0.721. The van der Waals surface area contributed by atoms with Crippen molar-refractivity contribution in [3.63, 3.8) is 0 Å². The number of rotatable bonds is 3. The minimum absolute atomic E-state index is 0. The summed E-state index contributed by atoms with van der Waals surface area (Å²) >= 11 is 0. The zero-order valence-corrected chi connectivity index (χ0v) is 14.7. The monoisotopic (exact) mass is 516 g/mol. The third-order valence-corrected chi connectivity index (χ3v) is 3.37. The molecule has 10 heteroatoms. The number of non-ortho nitro benzene ring substituents is 1. The molecule has 1 fully saturated rings. The van der Waals surface area contributed by atoms with Crippen LogP contribution in [-0.4, -0.2) is 28.9 Å². The third kappa shape index (κ3) is 6.74. The van der Waals surface area contributed by atoms with Crippen molar-refractivity contribution in [3.05, 3.63) is 50.9 Å². The van der Waals surface area contributed by atoms with Gasteiger partial charge in [0, 0.05) is 23.3 Å². The van der Waals surface area contributed by atoms with E-state index in [2.05, 4.69) is 0 Å². The first-order valence-corrected chi connectivity index (χ1v) is 6.86. The van der Waals surface area contributed by atoms with Crippen LogP contribution in [0.4, 0.5) is 5.69 Å². The van der Waals surface area contributed by atoms with Gasteiger partial charge in [-0.3, -0.25) is 10.1 Å². The number of carboxylic acids is 2. The van der Waals surface area contributed by atoms with Crippen LogP contribution in [0.25, 0.3) is 11.5 Å². The standard InChI is InChI=1S/C8H5NO6.C6H12N2.Pt/c10-7(11)4-1-5(8(12)13)3-6(2-4)9(14)15;7-5-3-1-2-4-6(5)8;/h1-3H,(H,10,11)(H,12,13);5-8H,1-4H2;/q;-2;+4/p-2. The molecule has 1 aromatic carbocycles. The van der Waals surface area contributed by atoms with E-state index in [4.69, 9.17) is 11.5 Å². The molecule has 1 aromatic rings. The van der Waals surface area contributed by atoms with E-state index >= 15 is 0 Å². The van der Waals surface area contributed by atoms with E-state index in [1.54, 1.807) is 0 Å². The summed E-state index contributed by atoms with van der Waals surface area (Å²) in [6.07, 6.45) is 4.25. The maximum atomic E-state index is 10.4. The van der Waals surface area contributed by atoms with Crippen LogP contribution in [0, 0.1) is 10.1 Å². The van der Waals surface area contributed by atoms with Gasteiger partial charge in [0.2, 0.25) is 0 Å². The number of nitrogens with zero attached hydrogens (tertiary/aromatic N) is 1. The minimum Gasteiger partial charge on any atom is -0.676 e. The van der Waals surface area contributed by atoms with Crippen molar-refractivity contribution in [1.82, 2.24) is 0 Å². The van der Waals surface area contributed by atoms with Gasteiger partial charge in [0.1, 0.15) is 0 Å². The molecule has 2 N–H and O–H groups in total. The number of carbonyl (C=O) groups is 2. The first-order chi connectivity index (χ1) is 10.7. The number of nitro benzene ring substituents is 1. The second kappa shape index (κ2) is 10.1. The van der Waals surface area contributed by atoms with Gasteiger partial charge in [0.05, 0.1) is 16.9 Å². The second-order valence-corrected chi connectivity index (χ2v) is 5.10. The van der Waals surface area contributed by atoms with E-state index in [0.717, 1.165) is 18.9 Å². The minimum atomic E-state index is -1.69. The molecule has 24 heavy (non-hydrogen) atoms. The van der Waals surface area contributed by atoms with Gasteiger partial charge in [0.25, 0.3) is 5.69 Å². The van der Waals surface area contributed by atoms with Crippen molar-refractivity contribution in [2.45, 2.75) is 37.8 Å². The van der Waals surface area contributed by atoms with Gasteiger partial charge >= 0.3 is 21.1 Å². The number of benzene rings is 1. The molecule has 9 nitrogen and oxygen atoms in total. The molecule has 0 heterocycles. The predicted molar refractivity (Wildman–Crippen MR) is 76.4 cm³/mol. The summed E-state index contributed by atoms with van der Waals surface area (Å²) in [5.41, 5.74) is 12.8. The molecule has 2 rings (SSSR count). The Morgan fingerprint density at radius 1 is 0.958 bits per heavy atom. The van der Waals surface area contributed by atoms with Gasteiger partial charge in [-0.25, -0.2) is 0 Å². The molecular formula is C14H15N3O6Pt. The average Bonchev–Trinajstić information content (AvgIpc) is 2.50. The van der Waals surface area contributed by atoms with Crippen molar-refractivity contribution < 1.29 is 45.8 Å². The first kappa shape index (κ1) is 22.2. The third-order valence-electron chi connectivity index (χ3n) is 3.37. The summed E-state index contributed by atoms with van der Waals surface area (Å²) in [6, 6.07) is 1.99. The van der Waals surface area contributed by atoms with E-state index in [1.807, 2.05) is 0 Å². The molecule has 0 aromatic heterocycles.